The monoisotopic (exact) mass is 538 g/mol. The van der Waals surface area contributed by atoms with Crippen molar-refractivity contribution in [2.24, 2.45) is 5.10 Å². The average molecular weight is 539 g/mol. The molecule has 3 aromatic rings. The zero-order valence-electron chi connectivity index (χ0n) is 20.8. The van der Waals surface area contributed by atoms with E-state index < -0.39 is 29.5 Å². The molecule has 5 rings (SSSR count). The standard InChI is InChI=1S/C28H28F2N4O3S/c29-21-6-3-5-20(17-21)28(36)33(11-10-32-12-14-37-15-13-32)19-27(35)34-25(22-7-1-2-8-23(22)30)18-24(31-34)26-9-4-16-38-26/h1-9,16-17,25H,10-15,18-19H2. The first-order chi connectivity index (χ1) is 18.5. The molecule has 0 N–H and O–H groups in total. The Labute approximate surface area is 223 Å². The van der Waals surface area contributed by atoms with Gasteiger partial charge in [-0.1, -0.05) is 30.3 Å². The van der Waals surface area contributed by atoms with Crippen LogP contribution in [-0.2, 0) is 9.53 Å². The molecule has 2 aromatic carbocycles. The number of halogens is 2. The average Bonchev–Trinajstić information content (AvgIpc) is 3.62. The van der Waals surface area contributed by atoms with Gasteiger partial charge in [-0.25, -0.2) is 13.8 Å². The van der Waals surface area contributed by atoms with E-state index in [-0.39, 0.29) is 18.7 Å². The lowest BCUT2D eigenvalue weighted by Crippen LogP contribution is -2.46. The van der Waals surface area contributed by atoms with Crippen molar-refractivity contribution in [1.29, 1.82) is 0 Å². The zero-order chi connectivity index (χ0) is 26.5. The van der Waals surface area contributed by atoms with Crippen LogP contribution in [0.1, 0.15) is 33.3 Å². The van der Waals surface area contributed by atoms with Crippen LogP contribution in [0, 0.1) is 11.6 Å². The number of morpholine rings is 1. The summed E-state index contributed by atoms with van der Waals surface area (Å²) in [6.07, 6.45) is 0.360. The summed E-state index contributed by atoms with van der Waals surface area (Å²) in [4.78, 5) is 31.6. The molecule has 0 saturated carbocycles. The predicted molar refractivity (Wildman–Crippen MR) is 141 cm³/mol. The van der Waals surface area contributed by atoms with E-state index in [1.165, 1.54) is 51.6 Å². The summed E-state index contributed by atoms with van der Waals surface area (Å²) in [6, 6.07) is 15.0. The van der Waals surface area contributed by atoms with E-state index in [2.05, 4.69) is 10.0 Å². The van der Waals surface area contributed by atoms with Gasteiger partial charge in [0, 0.05) is 43.7 Å². The number of hydrazone groups is 1. The molecule has 1 fully saturated rings. The van der Waals surface area contributed by atoms with Gasteiger partial charge in [0.05, 0.1) is 29.8 Å². The molecule has 2 aliphatic heterocycles. The van der Waals surface area contributed by atoms with Gasteiger partial charge in [0.15, 0.2) is 0 Å². The molecule has 7 nitrogen and oxygen atoms in total. The molecule has 3 heterocycles. The van der Waals surface area contributed by atoms with Crippen molar-refractivity contribution >= 4 is 28.9 Å². The highest BCUT2D eigenvalue weighted by atomic mass is 32.1. The molecule has 0 spiro atoms. The molecule has 1 unspecified atom stereocenters. The number of rotatable bonds is 8. The van der Waals surface area contributed by atoms with E-state index in [0.717, 1.165) is 18.0 Å². The maximum absolute atomic E-state index is 14.8. The Morgan fingerprint density at radius 3 is 2.61 bits per heavy atom. The van der Waals surface area contributed by atoms with Crippen molar-refractivity contribution in [3.63, 3.8) is 0 Å². The van der Waals surface area contributed by atoms with Crippen molar-refractivity contribution in [2.75, 3.05) is 45.9 Å². The molecule has 38 heavy (non-hydrogen) atoms. The molecule has 1 saturated heterocycles. The second-order valence-electron chi connectivity index (χ2n) is 9.19. The molecule has 1 atom stereocenters. The summed E-state index contributed by atoms with van der Waals surface area (Å²) in [6.45, 7) is 3.20. The van der Waals surface area contributed by atoms with Crippen molar-refractivity contribution in [3.8, 4) is 0 Å². The minimum atomic E-state index is -0.633. The first-order valence-electron chi connectivity index (χ1n) is 12.5. The van der Waals surface area contributed by atoms with Crippen molar-refractivity contribution in [3.05, 3.63) is 93.7 Å². The Kier molecular flexibility index (Phi) is 8.21. The van der Waals surface area contributed by atoms with E-state index >= 15 is 0 Å². The molecule has 0 radical (unpaired) electrons. The van der Waals surface area contributed by atoms with Gasteiger partial charge in [-0.05, 0) is 35.7 Å². The fraction of sp³-hybridized carbons (Fsp3) is 0.321. The van der Waals surface area contributed by atoms with Crippen LogP contribution in [0.25, 0.3) is 0 Å². The van der Waals surface area contributed by atoms with Crippen LogP contribution in [0.5, 0.6) is 0 Å². The fourth-order valence-corrected chi connectivity index (χ4v) is 5.42. The van der Waals surface area contributed by atoms with Gasteiger partial charge in [-0.15, -0.1) is 11.3 Å². The van der Waals surface area contributed by atoms with E-state index in [1.807, 2.05) is 17.5 Å². The SMILES string of the molecule is O=C(c1cccc(F)c1)N(CCN1CCOCC1)CC(=O)N1N=C(c2cccs2)CC1c1ccccc1F. The van der Waals surface area contributed by atoms with Gasteiger partial charge in [-0.2, -0.15) is 5.10 Å². The van der Waals surface area contributed by atoms with Gasteiger partial charge in [0.2, 0.25) is 0 Å². The number of benzene rings is 2. The smallest absolute Gasteiger partial charge is 0.262 e. The highest BCUT2D eigenvalue weighted by Crippen LogP contribution is 2.35. The first-order valence-corrected chi connectivity index (χ1v) is 13.4. The number of thiophene rings is 1. The molecule has 198 valence electrons. The van der Waals surface area contributed by atoms with Gasteiger partial charge < -0.3 is 9.64 Å². The number of carbonyl (C=O) groups is 2. The summed E-state index contributed by atoms with van der Waals surface area (Å²) < 4.78 is 34.1. The number of ether oxygens (including phenoxy) is 1. The van der Waals surface area contributed by atoms with Crippen LogP contribution in [-0.4, -0.2) is 78.3 Å². The number of nitrogens with zero attached hydrogens (tertiary/aromatic N) is 4. The van der Waals surface area contributed by atoms with Crippen LogP contribution < -0.4 is 0 Å². The third-order valence-electron chi connectivity index (χ3n) is 6.71. The summed E-state index contributed by atoms with van der Waals surface area (Å²) in [5, 5.41) is 7.82. The molecule has 0 aliphatic carbocycles. The molecule has 1 aromatic heterocycles. The highest BCUT2D eigenvalue weighted by Gasteiger charge is 2.36. The van der Waals surface area contributed by atoms with E-state index in [4.69, 9.17) is 4.74 Å². The largest absolute Gasteiger partial charge is 0.379 e. The van der Waals surface area contributed by atoms with Crippen molar-refractivity contribution in [2.45, 2.75) is 12.5 Å². The quantitative estimate of drug-likeness (QED) is 0.432. The predicted octanol–water partition coefficient (Wildman–Crippen LogP) is 4.18. The maximum atomic E-state index is 14.8. The molecule has 2 amide bonds. The lowest BCUT2D eigenvalue weighted by atomic mass is 10.0. The van der Waals surface area contributed by atoms with Crippen LogP contribution in [0.15, 0.2) is 71.1 Å². The lowest BCUT2D eigenvalue weighted by molar-refractivity contribution is -0.133. The summed E-state index contributed by atoms with van der Waals surface area (Å²) >= 11 is 1.50. The molecule has 10 heteroatoms. The minimum Gasteiger partial charge on any atom is -0.379 e. The fourth-order valence-electron chi connectivity index (χ4n) is 4.70. The Morgan fingerprint density at radius 1 is 1.05 bits per heavy atom. The second kappa shape index (κ2) is 11.9. The third-order valence-corrected chi connectivity index (χ3v) is 7.63. The van der Waals surface area contributed by atoms with Gasteiger partial charge >= 0.3 is 0 Å². The Bertz CT molecular complexity index is 1310. The van der Waals surface area contributed by atoms with Crippen LogP contribution in [0.4, 0.5) is 8.78 Å². The normalized spacial score (nSPS) is 17.9. The zero-order valence-corrected chi connectivity index (χ0v) is 21.6. The number of amides is 2. The minimum absolute atomic E-state index is 0.162. The third kappa shape index (κ3) is 5.98. The summed E-state index contributed by atoms with van der Waals surface area (Å²) in [5.74, 6) is -1.83. The topological polar surface area (TPSA) is 65.5 Å². The van der Waals surface area contributed by atoms with Gasteiger partial charge in [0.1, 0.15) is 18.2 Å². The summed E-state index contributed by atoms with van der Waals surface area (Å²) in [5.41, 5.74) is 1.22. The second-order valence-corrected chi connectivity index (χ2v) is 10.1. The molecule has 2 aliphatic rings. The van der Waals surface area contributed by atoms with Gasteiger partial charge in [-0.3, -0.25) is 14.5 Å². The van der Waals surface area contributed by atoms with E-state index in [0.29, 0.717) is 37.5 Å². The van der Waals surface area contributed by atoms with Crippen molar-refractivity contribution in [1.82, 2.24) is 14.8 Å². The van der Waals surface area contributed by atoms with Crippen LogP contribution in [0.3, 0.4) is 0 Å². The Balaban J connectivity index is 1.40. The van der Waals surface area contributed by atoms with Gasteiger partial charge in [0.25, 0.3) is 11.8 Å². The first kappa shape index (κ1) is 26.1. The maximum Gasteiger partial charge on any atom is 0.262 e. The summed E-state index contributed by atoms with van der Waals surface area (Å²) in [7, 11) is 0. The van der Waals surface area contributed by atoms with Crippen LogP contribution >= 0.6 is 11.3 Å². The Morgan fingerprint density at radius 2 is 1.87 bits per heavy atom. The van der Waals surface area contributed by atoms with Crippen LogP contribution in [0.2, 0.25) is 0 Å². The molecular weight excluding hydrogens is 510 g/mol. The van der Waals surface area contributed by atoms with Crippen molar-refractivity contribution < 1.29 is 23.1 Å². The Hall–Kier alpha value is -3.47. The lowest BCUT2D eigenvalue weighted by Gasteiger charge is -2.31. The molecular formula is C28H28F2N4O3S. The van der Waals surface area contributed by atoms with E-state index in [9.17, 15) is 18.4 Å². The number of carbonyl (C=O) groups excluding carboxylic acids is 2. The number of hydrogen-bond acceptors (Lipinski definition) is 6. The van der Waals surface area contributed by atoms with E-state index in [1.54, 1.807) is 18.2 Å². The number of hydrogen-bond donors (Lipinski definition) is 0. The highest BCUT2D eigenvalue weighted by molar-refractivity contribution is 7.12. The molecule has 0 bridgehead atoms.